The second-order valence-electron chi connectivity index (χ2n) is 14.3. The van der Waals surface area contributed by atoms with Crippen molar-refractivity contribution in [3.05, 3.63) is 176 Å². The number of para-hydroxylation sites is 2. The summed E-state index contributed by atoms with van der Waals surface area (Å²) in [6, 6.07) is 62.2. The summed E-state index contributed by atoms with van der Waals surface area (Å²) in [6.07, 6.45) is 0. The average Bonchev–Trinajstić information content (AvgIpc) is 3.83. The molecule has 0 spiro atoms. The number of hydrogen-bond donors (Lipinski definition) is 0. The maximum atomic E-state index is 5.22. The van der Waals surface area contributed by atoms with Gasteiger partial charge in [0.05, 0.1) is 21.4 Å². The Kier molecular flexibility index (Phi) is 6.73. The predicted molar refractivity (Wildman–Crippen MR) is 233 cm³/mol. The molecule has 0 fully saturated rings. The molecule has 12 aromatic rings. The van der Waals surface area contributed by atoms with Gasteiger partial charge in [0.25, 0.3) is 0 Å². The Morgan fingerprint density at radius 3 is 1.52 bits per heavy atom. The number of aromatic nitrogens is 5. The molecule has 0 amide bonds. The highest BCUT2D eigenvalue weighted by Crippen LogP contribution is 2.42. The summed E-state index contributed by atoms with van der Waals surface area (Å²) in [5, 5.41) is 9.60. The van der Waals surface area contributed by atoms with E-state index in [-0.39, 0.29) is 0 Å². The van der Waals surface area contributed by atoms with Crippen LogP contribution < -0.4 is 0 Å². The quantitative estimate of drug-likeness (QED) is 0.181. The Labute approximate surface area is 324 Å². The van der Waals surface area contributed by atoms with Crippen LogP contribution >= 0.6 is 11.3 Å². The van der Waals surface area contributed by atoms with Crippen LogP contribution in [0.1, 0.15) is 0 Å². The molecule has 0 bridgehead atoms. The molecule has 0 aliphatic rings. The van der Waals surface area contributed by atoms with Crippen molar-refractivity contribution in [3.63, 3.8) is 0 Å². The molecule has 0 aliphatic heterocycles. The highest BCUT2D eigenvalue weighted by Gasteiger charge is 2.19. The molecule has 5 nitrogen and oxygen atoms in total. The summed E-state index contributed by atoms with van der Waals surface area (Å²) >= 11 is 1.82. The number of nitrogens with zero attached hydrogens (tertiary/aromatic N) is 5. The van der Waals surface area contributed by atoms with Crippen LogP contribution in [-0.4, -0.2) is 24.3 Å². The highest BCUT2D eigenvalue weighted by atomic mass is 32.1. The van der Waals surface area contributed by atoms with Crippen LogP contribution in [0.5, 0.6) is 0 Å². The Bertz CT molecular complexity index is 3450. The first-order valence-corrected chi connectivity index (χ1v) is 19.5. The molecule has 0 N–H and O–H groups in total. The van der Waals surface area contributed by atoms with Gasteiger partial charge in [0.15, 0.2) is 23.1 Å². The van der Waals surface area contributed by atoms with Crippen molar-refractivity contribution in [2.45, 2.75) is 0 Å². The molecule has 0 atom stereocenters. The summed E-state index contributed by atoms with van der Waals surface area (Å²) in [4.78, 5) is 20.5. The number of pyridine rings is 1. The van der Waals surface area contributed by atoms with E-state index in [1.807, 2.05) is 11.3 Å². The molecular formula is C50H29N5S. The highest BCUT2D eigenvalue weighted by molar-refractivity contribution is 7.26. The molecule has 8 aromatic carbocycles. The lowest BCUT2D eigenvalue weighted by atomic mass is 10.0. The zero-order chi connectivity index (χ0) is 36.7. The van der Waals surface area contributed by atoms with E-state index in [0.29, 0.717) is 17.5 Å². The maximum Gasteiger partial charge on any atom is 0.164 e. The van der Waals surface area contributed by atoms with Crippen molar-refractivity contribution in [1.29, 1.82) is 0 Å². The lowest BCUT2D eigenvalue weighted by Crippen LogP contribution is -2.00. The second-order valence-corrected chi connectivity index (χ2v) is 15.4. The molecule has 4 aromatic heterocycles. The summed E-state index contributed by atoms with van der Waals surface area (Å²) in [7, 11) is 0. The number of rotatable bonds is 4. The first-order valence-electron chi connectivity index (χ1n) is 18.7. The monoisotopic (exact) mass is 731 g/mol. The van der Waals surface area contributed by atoms with Crippen molar-refractivity contribution in [1.82, 2.24) is 24.3 Å². The number of hydrogen-bond acceptors (Lipinski definition) is 5. The molecule has 6 heteroatoms. The first kappa shape index (κ1) is 31.1. The first-order chi connectivity index (χ1) is 27.7. The smallest absolute Gasteiger partial charge is 0.164 e. The van der Waals surface area contributed by atoms with Crippen LogP contribution in [-0.2, 0) is 0 Å². The molecule has 0 radical (unpaired) electrons. The van der Waals surface area contributed by atoms with Gasteiger partial charge in [-0.15, -0.1) is 11.3 Å². The number of fused-ring (bicyclic) bond motifs is 10. The average molecular weight is 732 g/mol. The van der Waals surface area contributed by atoms with Crippen molar-refractivity contribution < 1.29 is 0 Å². The minimum absolute atomic E-state index is 0.627. The van der Waals surface area contributed by atoms with Gasteiger partial charge in [-0.3, -0.25) is 4.40 Å². The van der Waals surface area contributed by atoms with Gasteiger partial charge in [-0.25, -0.2) is 19.9 Å². The van der Waals surface area contributed by atoms with E-state index < -0.39 is 0 Å². The van der Waals surface area contributed by atoms with E-state index in [1.165, 1.54) is 41.7 Å². The minimum Gasteiger partial charge on any atom is -0.291 e. The van der Waals surface area contributed by atoms with Crippen LogP contribution in [0.15, 0.2) is 176 Å². The van der Waals surface area contributed by atoms with Crippen LogP contribution in [0.25, 0.3) is 115 Å². The minimum atomic E-state index is 0.627. The largest absolute Gasteiger partial charge is 0.291 e. The van der Waals surface area contributed by atoms with Crippen LogP contribution in [0, 0.1) is 0 Å². The van der Waals surface area contributed by atoms with E-state index in [1.54, 1.807) is 0 Å². The zero-order valence-electron chi connectivity index (χ0n) is 29.9. The Balaban J connectivity index is 1.04. The molecular weight excluding hydrogens is 703 g/mol. The standard InChI is InChI=1S/C50H29N5S/c1-3-11-34-25-38(23-17-30(34)9-1)48-52-47(53-49(54-48)39-24-18-31-10-2-4-12-35(31)26-39)33-21-19-32(20-22-33)44-29-41-40-27-36-13-5-6-14-37(36)28-45(40)56-46(41)50-51-42-15-7-8-16-43(42)55(44)50/h1-29H. The fourth-order valence-corrected chi connectivity index (χ4v) is 9.35. The number of imidazole rings is 1. The maximum absolute atomic E-state index is 5.22. The van der Waals surface area contributed by atoms with E-state index >= 15 is 0 Å². The third kappa shape index (κ3) is 4.93. The van der Waals surface area contributed by atoms with Crippen LogP contribution in [0.4, 0.5) is 0 Å². The van der Waals surface area contributed by atoms with Gasteiger partial charge in [0.1, 0.15) is 0 Å². The van der Waals surface area contributed by atoms with Gasteiger partial charge >= 0.3 is 0 Å². The Morgan fingerprint density at radius 1 is 0.375 bits per heavy atom. The Hall–Kier alpha value is -7.28. The topological polar surface area (TPSA) is 56.0 Å². The SMILES string of the molecule is c1ccc2cc(-c3nc(-c4ccc(-c5cc6c7cc8ccccc8cc7sc6c6nc7ccccc7n56)cc4)nc(-c4ccc5ccccc5c4)n3)ccc2c1. The second kappa shape index (κ2) is 12.1. The normalized spacial score (nSPS) is 11.9. The predicted octanol–water partition coefficient (Wildman–Crippen LogP) is 13.2. The van der Waals surface area contributed by atoms with Gasteiger partial charge in [-0.2, -0.15) is 0 Å². The Morgan fingerprint density at radius 2 is 0.875 bits per heavy atom. The lowest BCUT2D eigenvalue weighted by Gasteiger charge is -2.11. The summed E-state index contributed by atoms with van der Waals surface area (Å²) in [5.41, 5.74) is 8.03. The molecule has 56 heavy (non-hydrogen) atoms. The van der Waals surface area contributed by atoms with E-state index in [9.17, 15) is 0 Å². The number of thiophene rings is 1. The molecule has 12 rings (SSSR count). The van der Waals surface area contributed by atoms with Crippen molar-refractivity contribution in [2.75, 3.05) is 0 Å². The molecule has 0 aliphatic carbocycles. The van der Waals surface area contributed by atoms with E-state index in [4.69, 9.17) is 19.9 Å². The van der Waals surface area contributed by atoms with Crippen LogP contribution in [0.2, 0.25) is 0 Å². The van der Waals surface area contributed by atoms with E-state index in [0.717, 1.165) is 55.4 Å². The summed E-state index contributed by atoms with van der Waals surface area (Å²) in [6.45, 7) is 0. The van der Waals surface area contributed by atoms with Crippen LogP contribution in [0.3, 0.4) is 0 Å². The van der Waals surface area contributed by atoms with Gasteiger partial charge < -0.3 is 0 Å². The molecule has 0 unspecified atom stereocenters. The number of benzene rings is 8. The summed E-state index contributed by atoms with van der Waals surface area (Å²) in [5.74, 6) is 1.91. The van der Waals surface area contributed by atoms with Gasteiger partial charge in [-0.1, -0.05) is 133 Å². The van der Waals surface area contributed by atoms with E-state index in [2.05, 4.69) is 180 Å². The lowest BCUT2D eigenvalue weighted by molar-refractivity contribution is 1.07. The molecule has 260 valence electrons. The third-order valence-corrected chi connectivity index (χ3v) is 12.1. The van der Waals surface area contributed by atoms with Crippen molar-refractivity contribution >= 4 is 80.5 Å². The van der Waals surface area contributed by atoms with Gasteiger partial charge in [-0.05, 0) is 80.3 Å². The fraction of sp³-hybridized carbons (Fsp3) is 0. The fourth-order valence-electron chi connectivity index (χ4n) is 8.16. The zero-order valence-corrected chi connectivity index (χ0v) is 30.7. The van der Waals surface area contributed by atoms with Crippen molar-refractivity contribution in [3.8, 4) is 45.4 Å². The van der Waals surface area contributed by atoms with Crippen molar-refractivity contribution in [2.24, 2.45) is 0 Å². The molecule has 0 saturated heterocycles. The molecule has 4 heterocycles. The summed E-state index contributed by atoms with van der Waals surface area (Å²) < 4.78 is 4.78. The van der Waals surface area contributed by atoms with Gasteiger partial charge in [0.2, 0.25) is 0 Å². The van der Waals surface area contributed by atoms with Gasteiger partial charge in [0, 0.05) is 32.2 Å². The third-order valence-electron chi connectivity index (χ3n) is 11.0. The molecule has 0 saturated carbocycles.